The summed E-state index contributed by atoms with van der Waals surface area (Å²) in [6.45, 7) is 3.94. The van der Waals surface area contributed by atoms with Crippen LogP contribution >= 0.6 is 15.6 Å². The van der Waals surface area contributed by atoms with Gasteiger partial charge in [0.15, 0.2) is 6.10 Å². The van der Waals surface area contributed by atoms with Crippen LogP contribution < -0.4 is 0 Å². The number of hydrogen-bond acceptors (Lipinski definition) is 11. The Morgan fingerprint density at radius 3 is 1.81 bits per heavy atom. The second kappa shape index (κ2) is 34.0. The van der Waals surface area contributed by atoms with Crippen LogP contribution in [-0.2, 0) is 46.5 Å². The number of phosphoric ester groups is 2. The highest BCUT2D eigenvalue weighted by molar-refractivity contribution is 7.47. The summed E-state index contributed by atoms with van der Waals surface area (Å²) in [5.74, 6) is -0.340. The molecular formula is C42H76O14P2. The molecule has 0 amide bonds. The average molecular weight is 867 g/mol. The van der Waals surface area contributed by atoms with Crippen LogP contribution in [0.3, 0.4) is 0 Å². The molecule has 1 fully saturated rings. The van der Waals surface area contributed by atoms with E-state index in [0.29, 0.717) is 19.3 Å². The van der Waals surface area contributed by atoms with E-state index in [0.717, 1.165) is 50.9 Å². The number of ether oxygens (including phenoxy) is 3. The molecule has 3 unspecified atom stereocenters. The Morgan fingerprint density at radius 2 is 1.17 bits per heavy atom. The van der Waals surface area contributed by atoms with Gasteiger partial charge in [0.25, 0.3) is 0 Å². The number of esters is 2. The van der Waals surface area contributed by atoms with Gasteiger partial charge in [-0.25, -0.2) is 9.13 Å². The molecule has 1 rings (SSSR count). The smallest absolute Gasteiger partial charge is 0.462 e. The summed E-state index contributed by atoms with van der Waals surface area (Å²) in [6.07, 6.45) is 31.8. The highest BCUT2D eigenvalue weighted by Gasteiger charge is 2.36. The molecule has 16 heteroatoms. The molecule has 14 nitrogen and oxygen atoms in total. The summed E-state index contributed by atoms with van der Waals surface area (Å²) < 4.78 is 53.5. The molecule has 1 aliphatic heterocycles. The third-order valence-corrected chi connectivity index (χ3v) is 10.8. The number of hydrogen-bond donors (Lipinski definition) is 4. The predicted molar refractivity (Wildman–Crippen MR) is 225 cm³/mol. The standard InChI is InChI=1S/C42H76O14P2/c1-4-5-6-7-8-11-15-18-23-28-39-40(56-39)29-24-20-21-25-30-41(44)51-34-38(35-54-58(49,50)53-33-37(43)32-52-57(46,47)48)55-42(45)31-26-19-16-13-10-9-12-14-17-22-27-36(2)3/h8,11,18,20,23-24,36-40,43H,4-7,9-10,12-17,19,21-22,25-35H2,1-3H3,(H,49,50)(H2,46,47,48)/b11-8-,23-18-,24-20-/t37-,38+,39?,40?/m0/s1. The fourth-order valence-corrected chi connectivity index (χ4v) is 7.07. The summed E-state index contributed by atoms with van der Waals surface area (Å²) in [6, 6.07) is 0. The first-order valence-corrected chi connectivity index (χ1v) is 24.7. The highest BCUT2D eigenvalue weighted by atomic mass is 31.2. The minimum Gasteiger partial charge on any atom is -0.462 e. The van der Waals surface area contributed by atoms with E-state index in [-0.39, 0.29) is 25.0 Å². The number of aliphatic hydroxyl groups excluding tert-OH is 1. The van der Waals surface area contributed by atoms with E-state index < -0.39 is 66.2 Å². The third kappa shape index (κ3) is 35.1. The monoisotopic (exact) mass is 866 g/mol. The summed E-state index contributed by atoms with van der Waals surface area (Å²) >= 11 is 0. The van der Waals surface area contributed by atoms with Crippen LogP contribution in [0.25, 0.3) is 0 Å². The van der Waals surface area contributed by atoms with Gasteiger partial charge in [0.1, 0.15) is 12.7 Å². The molecule has 1 heterocycles. The van der Waals surface area contributed by atoms with Gasteiger partial charge in [0.05, 0.1) is 32.0 Å². The number of carbonyl (C=O) groups excluding carboxylic acids is 2. The van der Waals surface area contributed by atoms with Crippen LogP contribution in [0.15, 0.2) is 36.5 Å². The van der Waals surface area contributed by atoms with Crippen LogP contribution in [0.1, 0.15) is 162 Å². The lowest BCUT2D eigenvalue weighted by Gasteiger charge is -2.20. The maximum Gasteiger partial charge on any atom is 0.472 e. The lowest BCUT2D eigenvalue weighted by Crippen LogP contribution is -2.30. The van der Waals surface area contributed by atoms with Crippen molar-refractivity contribution in [2.45, 2.75) is 186 Å². The van der Waals surface area contributed by atoms with E-state index in [1.54, 1.807) is 0 Å². The van der Waals surface area contributed by atoms with Crippen LogP contribution in [-0.4, -0.2) is 82.6 Å². The van der Waals surface area contributed by atoms with E-state index in [2.05, 4.69) is 60.2 Å². The second-order valence-corrected chi connectivity index (χ2v) is 18.2. The lowest BCUT2D eigenvalue weighted by atomic mass is 10.0. The van der Waals surface area contributed by atoms with Crippen molar-refractivity contribution in [1.82, 2.24) is 0 Å². The van der Waals surface area contributed by atoms with Gasteiger partial charge in [-0.3, -0.25) is 23.2 Å². The Bertz CT molecular complexity index is 1250. The Labute approximate surface area is 348 Å². The SMILES string of the molecule is CCCCC/C=C\C/C=C\CC1OC1C/C=C\CCCC(=O)OC[C@H](COP(=O)(O)OC[C@@H](O)COP(=O)(O)O)OC(=O)CCCCCCCCCCCCC(C)C. The molecule has 0 spiro atoms. The van der Waals surface area contributed by atoms with Crippen molar-refractivity contribution < 1.29 is 66.3 Å². The van der Waals surface area contributed by atoms with Gasteiger partial charge in [0, 0.05) is 12.8 Å². The van der Waals surface area contributed by atoms with Crippen molar-refractivity contribution >= 4 is 27.6 Å². The Balaban J connectivity index is 2.40. The van der Waals surface area contributed by atoms with Crippen molar-refractivity contribution in [3.63, 3.8) is 0 Å². The van der Waals surface area contributed by atoms with E-state index in [9.17, 15) is 28.7 Å². The number of carbonyl (C=O) groups is 2. The van der Waals surface area contributed by atoms with E-state index >= 15 is 0 Å². The van der Waals surface area contributed by atoms with Crippen molar-refractivity contribution in [3.05, 3.63) is 36.5 Å². The quantitative estimate of drug-likeness (QED) is 0.0149. The molecule has 0 aromatic rings. The van der Waals surface area contributed by atoms with Gasteiger partial charge in [-0.1, -0.05) is 134 Å². The molecule has 0 aliphatic carbocycles. The van der Waals surface area contributed by atoms with Gasteiger partial charge < -0.3 is 34.0 Å². The summed E-state index contributed by atoms with van der Waals surface area (Å²) in [7, 11) is -9.69. The Kier molecular flexibility index (Phi) is 31.8. The molecule has 58 heavy (non-hydrogen) atoms. The number of rotatable bonds is 39. The molecule has 0 aromatic carbocycles. The zero-order valence-electron chi connectivity index (χ0n) is 35.5. The summed E-state index contributed by atoms with van der Waals surface area (Å²) in [5.41, 5.74) is 0. The first-order chi connectivity index (χ1) is 27.7. The zero-order valence-corrected chi connectivity index (χ0v) is 37.3. The molecule has 0 saturated carbocycles. The van der Waals surface area contributed by atoms with Crippen LogP contribution in [0.4, 0.5) is 0 Å². The normalized spacial score (nSPS) is 18.0. The van der Waals surface area contributed by atoms with Gasteiger partial charge >= 0.3 is 27.6 Å². The molecule has 4 N–H and O–H groups in total. The van der Waals surface area contributed by atoms with Gasteiger partial charge in [-0.05, 0) is 57.3 Å². The van der Waals surface area contributed by atoms with E-state index in [1.165, 1.54) is 64.2 Å². The van der Waals surface area contributed by atoms with Crippen molar-refractivity contribution in [1.29, 1.82) is 0 Å². The average Bonchev–Trinajstić information content (AvgIpc) is 3.92. The third-order valence-electron chi connectivity index (χ3n) is 9.35. The maximum atomic E-state index is 12.7. The lowest BCUT2D eigenvalue weighted by molar-refractivity contribution is -0.161. The number of unbranched alkanes of at least 4 members (excludes halogenated alkanes) is 13. The molecular weight excluding hydrogens is 790 g/mol. The largest absolute Gasteiger partial charge is 0.472 e. The molecule has 1 saturated heterocycles. The molecule has 0 radical (unpaired) electrons. The van der Waals surface area contributed by atoms with Crippen LogP contribution in [0, 0.1) is 5.92 Å². The predicted octanol–water partition coefficient (Wildman–Crippen LogP) is 9.74. The minimum atomic E-state index is -4.87. The first kappa shape index (κ1) is 54.3. The zero-order chi connectivity index (χ0) is 42.9. The number of epoxide rings is 1. The van der Waals surface area contributed by atoms with Gasteiger partial charge in [-0.2, -0.15) is 0 Å². The first-order valence-electron chi connectivity index (χ1n) is 21.7. The van der Waals surface area contributed by atoms with Crippen LogP contribution in [0.2, 0.25) is 0 Å². The highest BCUT2D eigenvalue weighted by Crippen LogP contribution is 2.44. The molecule has 1 aliphatic rings. The van der Waals surface area contributed by atoms with Crippen LogP contribution in [0.5, 0.6) is 0 Å². The van der Waals surface area contributed by atoms with E-state index in [4.69, 9.17) is 28.5 Å². The Morgan fingerprint density at radius 1 is 0.638 bits per heavy atom. The molecule has 338 valence electrons. The topological polar surface area (TPSA) is 208 Å². The number of aliphatic hydroxyl groups is 1. The van der Waals surface area contributed by atoms with Gasteiger partial charge in [0.2, 0.25) is 0 Å². The fourth-order valence-electron chi connectivity index (χ4n) is 5.92. The van der Waals surface area contributed by atoms with Crippen molar-refractivity contribution in [3.8, 4) is 0 Å². The number of phosphoric acid groups is 2. The van der Waals surface area contributed by atoms with Crippen molar-refractivity contribution in [2.24, 2.45) is 5.92 Å². The van der Waals surface area contributed by atoms with Crippen molar-refractivity contribution in [2.75, 3.05) is 26.4 Å². The fraction of sp³-hybridized carbons (Fsp3) is 0.810. The molecule has 0 aromatic heterocycles. The minimum absolute atomic E-state index is 0.112. The number of allylic oxidation sites excluding steroid dienone is 4. The van der Waals surface area contributed by atoms with E-state index in [1.807, 2.05) is 6.08 Å². The summed E-state index contributed by atoms with van der Waals surface area (Å²) in [4.78, 5) is 52.7. The molecule has 0 bridgehead atoms. The Hall–Kier alpha value is -1.70. The summed E-state index contributed by atoms with van der Waals surface area (Å²) in [5, 5.41) is 9.74. The maximum absolute atomic E-state index is 12.7. The van der Waals surface area contributed by atoms with Gasteiger partial charge in [-0.15, -0.1) is 0 Å². The second-order valence-electron chi connectivity index (χ2n) is 15.5. The molecule has 5 atom stereocenters.